The molecule has 3 heterocycles. The summed E-state index contributed by atoms with van der Waals surface area (Å²) >= 11 is 0. The highest BCUT2D eigenvalue weighted by molar-refractivity contribution is 5.97. The summed E-state index contributed by atoms with van der Waals surface area (Å²) in [5.74, 6) is -1.40. The van der Waals surface area contributed by atoms with E-state index in [1.807, 2.05) is 24.3 Å². The van der Waals surface area contributed by atoms with E-state index in [1.165, 1.54) is 17.2 Å². The number of benzene rings is 1. The normalized spacial score (nSPS) is 14.2. The molecule has 0 unspecified atom stereocenters. The number of anilines is 1. The van der Waals surface area contributed by atoms with Crippen LogP contribution in [0.4, 0.5) is 14.6 Å². The molecule has 2 aromatic heterocycles. The highest BCUT2D eigenvalue weighted by atomic mass is 19.1. The summed E-state index contributed by atoms with van der Waals surface area (Å²) in [6, 6.07) is 12.9. The van der Waals surface area contributed by atoms with E-state index in [0.717, 1.165) is 43.0 Å². The minimum Gasteiger partial charge on any atom is -0.352 e. The lowest BCUT2D eigenvalue weighted by molar-refractivity contribution is 0.0984. The van der Waals surface area contributed by atoms with Crippen LogP contribution >= 0.6 is 0 Å². The highest BCUT2D eigenvalue weighted by Crippen LogP contribution is 2.28. The van der Waals surface area contributed by atoms with Gasteiger partial charge in [-0.2, -0.15) is 0 Å². The minimum atomic E-state index is -0.853. The van der Waals surface area contributed by atoms with Gasteiger partial charge >= 0.3 is 0 Å². The van der Waals surface area contributed by atoms with Gasteiger partial charge in [0.1, 0.15) is 17.5 Å². The van der Waals surface area contributed by atoms with Crippen LogP contribution in [0.15, 0.2) is 66.5 Å². The molecule has 0 bridgehead atoms. The number of carbonyl (C=O) groups excluding carboxylic acids is 1. The van der Waals surface area contributed by atoms with Crippen molar-refractivity contribution in [2.45, 2.75) is 19.8 Å². The second-order valence-electron chi connectivity index (χ2n) is 7.35. The van der Waals surface area contributed by atoms with Crippen LogP contribution in [0, 0.1) is 11.6 Å². The van der Waals surface area contributed by atoms with E-state index >= 15 is 0 Å². The Morgan fingerprint density at radius 1 is 1.03 bits per heavy atom. The number of halogens is 2. The third kappa shape index (κ3) is 4.13. The molecule has 4 nitrogen and oxygen atoms in total. The lowest BCUT2D eigenvalue weighted by Crippen LogP contribution is -2.31. The Labute approximate surface area is 173 Å². The monoisotopic (exact) mass is 405 g/mol. The SMILES string of the molecule is CC1=C(c2ccc(CC(=O)c3c(F)cccc3F)nc2)CN(c2ccccn2)CC1. The van der Waals surface area contributed by atoms with Crippen molar-refractivity contribution in [3.05, 3.63) is 95.0 Å². The average molecular weight is 405 g/mol. The average Bonchev–Trinajstić information content (AvgIpc) is 2.75. The molecule has 1 aromatic carbocycles. The molecule has 0 N–H and O–H groups in total. The molecule has 152 valence electrons. The van der Waals surface area contributed by atoms with Crippen LogP contribution in [0.3, 0.4) is 0 Å². The lowest BCUT2D eigenvalue weighted by atomic mass is 9.95. The van der Waals surface area contributed by atoms with E-state index in [2.05, 4.69) is 21.8 Å². The second kappa shape index (κ2) is 8.53. The first-order valence-electron chi connectivity index (χ1n) is 9.80. The molecule has 6 heteroatoms. The Kier molecular flexibility index (Phi) is 5.65. The zero-order valence-electron chi connectivity index (χ0n) is 16.6. The minimum absolute atomic E-state index is 0.157. The van der Waals surface area contributed by atoms with Crippen LogP contribution in [-0.4, -0.2) is 28.8 Å². The largest absolute Gasteiger partial charge is 0.352 e. The van der Waals surface area contributed by atoms with Gasteiger partial charge in [0.2, 0.25) is 0 Å². The Balaban J connectivity index is 1.51. The number of rotatable bonds is 5. The molecule has 0 saturated heterocycles. The first-order valence-corrected chi connectivity index (χ1v) is 9.80. The number of hydrogen-bond acceptors (Lipinski definition) is 4. The quantitative estimate of drug-likeness (QED) is 0.569. The number of ketones is 1. The topological polar surface area (TPSA) is 46.1 Å². The number of nitrogens with zero attached hydrogens (tertiary/aromatic N) is 3. The predicted molar refractivity (Wildman–Crippen MR) is 112 cm³/mol. The second-order valence-corrected chi connectivity index (χ2v) is 7.35. The third-order valence-electron chi connectivity index (χ3n) is 5.35. The van der Waals surface area contributed by atoms with E-state index in [0.29, 0.717) is 5.69 Å². The van der Waals surface area contributed by atoms with Gasteiger partial charge in [-0.15, -0.1) is 0 Å². The molecular formula is C24H21F2N3O. The summed E-state index contributed by atoms with van der Waals surface area (Å²) in [5, 5.41) is 0. The molecule has 4 rings (SSSR count). The highest BCUT2D eigenvalue weighted by Gasteiger charge is 2.20. The zero-order valence-corrected chi connectivity index (χ0v) is 16.6. The number of hydrogen-bond donors (Lipinski definition) is 0. The molecule has 0 spiro atoms. The van der Waals surface area contributed by atoms with E-state index in [9.17, 15) is 13.6 Å². The molecular weight excluding hydrogens is 384 g/mol. The van der Waals surface area contributed by atoms with Crippen molar-refractivity contribution < 1.29 is 13.6 Å². The van der Waals surface area contributed by atoms with Crippen LogP contribution in [0.5, 0.6) is 0 Å². The van der Waals surface area contributed by atoms with E-state index in [4.69, 9.17) is 0 Å². The van der Waals surface area contributed by atoms with Gasteiger partial charge in [-0.25, -0.2) is 13.8 Å². The first-order chi connectivity index (χ1) is 14.5. The van der Waals surface area contributed by atoms with Crippen LogP contribution in [-0.2, 0) is 6.42 Å². The van der Waals surface area contributed by atoms with Gasteiger partial charge in [0.05, 0.1) is 12.0 Å². The Morgan fingerprint density at radius 3 is 2.50 bits per heavy atom. The molecule has 30 heavy (non-hydrogen) atoms. The Bertz CT molecular complexity index is 1070. The molecule has 1 aliphatic rings. The molecule has 1 aliphatic heterocycles. The van der Waals surface area contributed by atoms with Gasteiger partial charge in [-0.3, -0.25) is 9.78 Å². The molecule has 0 atom stereocenters. The van der Waals surface area contributed by atoms with Crippen molar-refractivity contribution in [1.29, 1.82) is 0 Å². The van der Waals surface area contributed by atoms with E-state index < -0.39 is 23.0 Å². The maximum Gasteiger partial charge on any atom is 0.174 e. The van der Waals surface area contributed by atoms with Gasteiger partial charge < -0.3 is 4.90 Å². The van der Waals surface area contributed by atoms with Gasteiger partial charge in [0.25, 0.3) is 0 Å². The van der Waals surface area contributed by atoms with Crippen LogP contribution < -0.4 is 4.90 Å². The van der Waals surface area contributed by atoms with Gasteiger partial charge in [0.15, 0.2) is 5.78 Å². The van der Waals surface area contributed by atoms with Crippen molar-refractivity contribution in [2.75, 3.05) is 18.0 Å². The van der Waals surface area contributed by atoms with Crippen molar-refractivity contribution in [1.82, 2.24) is 9.97 Å². The number of Topliss-reactive ketones (excluding diaryl/α,β-unsaturated/α-hetero) is 1. The fraction of sp³-hybridized carbons (Fsp3) is 0.208. The Morgan fingerprint density at radius 2 is 1.83 bits per heavy atom. The summed E-state index contributed by atoms with van der Waals surface area (Å²) < 4.78 is 27.7. The van der Waals surface area contributed by atoms with Crippen molar-refractivity contribution in [2.24, 2.45) is 0 Å². The van der Waals surface area contributed by atoms with Crippen molar-refractivity contribution in [3.63, 3.8) is 0 Å². The van der Waals surface area contributed by atoms with Crippen LogP contribution in [0.2, 0.25) is 0 Å². The van der Waals surface area contributed by atoms with Gasteiger partial charge in [-0.1, -0.05) is 23.8 Å². The molecule has 0 saturated carbocycles. The van der Waals surface area contributed by atoms with Gasteiger partial charge in [-0.05, 0) is 54.8 Å². The standard InChI is InChI=1S/C24H21F2N3O/c1-16-10-12-29(23-7-2-3-11-27-23)15-19(16)17-8-9-18(28-14-17)13-22(30)24-20(25)5-4-6-21(24)26/h2-9,11,14H,10,12-13,15H2,1H3. The van der Waals surface area contributed by atoms with E-state index in [1.54, 1.807) is 18.5 Å². The molecule has 0 amide bonds. The maximum atomic E-state index is 13.8. The smallest absolute Gasteiger partial charge is 0.174 e. The molecule has 0 fully saturated rings. The predicted octanol–water partition coefficient (Wildman–Crippen LogP) is 4.86. The number of aromatic nitrogens is 2. The summed E-state index contributed by atoms with van der Waals surface area (Å²) in [4.78, 5) is 23.4. The fourth-order valence-electron chi connectivity index (χ4n) is 3.66. The maximum absolute atomic E-state index is 13.8. The Hall–Kier alpha value is -3.41. The molecule has 0 aliphatic carbocycles. The first kappa shape index (κ1) is 19.9. The van der Waals surface area contributed by atoms with Crippen molar-refractivity contribution in [3.8, 4) is 0 Å². The molecule has 3 aromatic rings. The van der Waals surface area contributed by atoms with Crippen LogP contribution in [0.25, 0.3) is 5.57 Å². The third-order valence-corrected chi connectivity index (χ3v) is 5.35. The summed E-state index contributed by atoms with van der Waals surface area (Å²) in [6.07, 6.45) is 4.28. The fourth-order valence-corrected chi connectivity index (χ4v) is 3.66. The van der Waals surface area contributed by atoms with E-state index in [-0.39, 0.29) is 6.42 Å². The zero-order chi connectivity index (χ0) is 21.1. The summed E-state index contributed by atoms with van der Waals surface area (Å²) in [5.41, 5.74) is 3.40. The summed E-state index contributed by atoms with van der Waals surface area (Å²) in [6.45, 7) is 3.74. The molecule has 0 radical (unpaired) electrons. The van der Waals surface area contributed by atoms with Crippen molar-refractivity contribution >= 4 is 17.2 Å². The number of pyridine rings is 2. The van der Waals surface area contributed by atoms with Gasteiger partial charge in [0, 0.05) is 31.2 Å². The van der Waals surface area contributed by atoms with Crippen LogP contribution in [0.1, 0.15) is 35.0 Å². The number of carbonyl (C=O) groups is 1. The summed E-state index contributed by atoms with van der Waals surface area (Å²) in [7, 11) is 0. The lowest BCUT2D eigenvalue weighted by Gasteiger charge is -2.31.